The van der Waals surface area contributed by atoms with Crippen molar-refractivity contribution in [3.05, 3.63) is 77.9 Å². The quantitative estimate of drug-likeness (QED) is 0.759. The van der Waals surface area contributed by atoms with Gasteiger partial charge in [-0.3, -0.25) is 9.78 Å². The van der Waals surface area contributed by atoms with Gasteiger partial charge in [-0.15, -0.1) is 0 Å². The summed E-state index contributed by atoms with van der Waals surface area (Å²) in [5.41, 5.74) is 5.58. The van der Waals surface area contributed by atoms with Gasteiger partial charge in [0.05, 0.1) is 6.42 Å². The molecule has 0 saturated carbocycles. The number of amides is 1. The van der Waals surface area contributed by atoms with Crippen molar-refractivity contribution in [2.24, 2.45) is 0 Å². The van der Waals surface area contributed by atoms with Crippen LogP contribution in [0.1, 0.15) is 11.1 Å². The van der Waals surface area contributed by atoms with E-state index >= 15 is 0 Å². The minimum atomic E-state index is -0.267. The number of hydrogen-bond acceptors (Lipinski definition) is 3. The van der Waals surface area contributed by atoms with Gasteiger partial charge < -0.3 is 10.6 Å². The van der Waals surface area contributed by atoms with Gasteiger partial charge in [0.2, 0.25) is 5.91 Å². The molecule has 0 spiro atoms. The van der Waals surface area contributed by atoms with Crippen LogP contribution in [0.4, 0.5) is 15.8 Å². The number of nitrogens with zero attached hydrogens (tertiary/aromatic N) is 1. The maximum atomic E-state index is 13.2. The van der Waals surface area contributed by atoms with Crippen LogP contribution in [-0.4, -0.2) is 10.9 Å². The molecule has 0 atom stereocenters. The maximum absolute atomic E-state index is 13.2. The highest BCUT2D eigenvalue weighted by atomic mass is 19.1. The molecule has 2 N–H and O–H groups in total. The average Bonchev–Trinajstić information content (AvgIpc) is 2.99. The lowest BCUT2D eigenvalue weighted by Crippen LogP contribution is -2.03. The Labute approximate surface area is 144 Å². The molecular formula is C20H16FN3O. The molecular weight excluding hydrogens is 317 g/mol. The predicted octanol–water partition coefficient (Wildman–Crippen LogP) is 3.99. The van der Waals surface area contributed by atoms with E-state index in [1.165, 1.54) is 12.1 Å². The summed E-state index contributed by atoms with van der Waals surface area (Å²) in [5.74, 6) is -0.240. The fourth-order valence-corrected chi connectivity index (χ4v) is 2.94. The number of carbonyl (C=O) groups excluding carboxylic acids is 1. The number of rotatable bonds is 4. The highest BCUT2D eigenvalue weighted by molar-refractivity contribution is 5.99. The van der Waals surface area contributed by atoms with E-state index in [0.29, 0.717) is 13.0 Å². The minimum Gasteiger partial charge on any atom is -0.381 e. The summed E-state index contributed by atoms with van der Waals surface area (Å²) >= 11 is 0. The Morgan fingerprint density at radius 2 is 2.00 bits per heavy atom. The van der Waals surface area contributed by atoms with Crippen LogP contribution in [0.15, 0.2) is 60.9 Å². The number of pyridine rings is 1. The summed E-state index contributed by atoms with van der Waals surface area (Å²) in [5, 5.41) is 6.06. The van der Waals surface area contributed by atoms with E-state index in [1.54, 1.807) is 18.5 Å². The van der Waals surface area contributed by atoms with Gasteiger partial charge in [0.25, 0.3) is 0 Å². The number of aromatic nitrogens is 1. The molecule has 0 saturated heterocycles. The topological polar surface area (TPSA) is 54.0 Å². The molecule has 0 fully saturated rings. The number of halogens is 1. The molecule has 0 bridgehead atoms. The van der Waals surface area contributed by atoms with Gasteiger partial charge in [0.15, 0.2) is 0 Å². The van der Waals surface area contributed by atoms with Gasteiger partial charge in [0, 0.05) is 35.9 Å². The van der Waals surface area contributed by atoms with Crippen LogP contribution in [0.25, 0.3) is 11.1 Å². The molecule has 3 aromatic rings. The van der Waals surface area contributed by atoms with Gasteiger partial charge in [-0.2, -0.15) is 0 Å². The van der Waals surface area contributed by atoms with Crippen LogP contribution >= 0.6 is 0 Å². The van der Waals surface area contributed by atoms with Crippen molar-refractivity contribution in [2.75, 3.05) is 10.6 Å². The van der Waals surface area contributed by atoms with E-state index < -0.39 is 0 Å². The smallest absolute Gasteiger partial charge is 0.228 e. The molecule has 1 aliphatic heterocycles. The Morgan fingerprint density at radius 1 is 1.08 bits per heavy atom. The minimum absolute atomic E-state index is 0.0262. The third-order valence-electron chi connectivity index (χ3n) is 4.18. The molecule has 5 heteroatoms. The lowest BCUT2D eigenvalue weighted by molar-refractivity contribution is -0.115. The first-order valence-corrected chi connectivity index (χ1v) is 8.04. The van der Waals surface area contributed by atoms with Crippen molar-refractivity contribution in [3.63, 3.8) is 0 Å². The zero-order valence-electron chi connectivity index (χ0n) is 13.4. The Hall–Kier alpha value is -3.21. The first-order valence-electron chi connectivity index (χ1n) is 8.04. The van der Waals surface area contributed by atoms with Crippen LogP contribution in [0.3, 0.4) is 0 Å². The molecule has 1 aliphatic rings. The van der Waals surface area contributed by atoms with E-state index in [9.17, 15) is 9.18 Å². The Balaban J connectivity index is 1.54. The number of nitrogens with one attached hydrogen (secondary N) is 2. The highest BCUT2D eigenvalue weighted by Gasteiger charge is 2.17. The molecule has 0 aliphatic carbocycles. The lowest BCUT2D eigenvalue weighted by atomic mass is 10.0. The summed E-state index contributed by atoms with van der Waals surface area (Å²) < 4.78 is 13.2. The third kappa shape index (κ3) is 3.35. The summed E-state index contributed by atoms with van der Waals surface area (Å²) in [6.07, 6.45) is 4.01. The van der Waals surface area contributed by atoms with E-state index in [0.717, 1.165) is 33.6 Å². The Kier molecular flexibility index (Phi) is 3.90. The molecule has 0 unspecified atom stereocenters. The average molecular weight is 333 g/mol. The highest BCUT2D eigenvalue weighted by Crippen LogP contribution is 2.29. The fraction of sp³-hybridized carbons (Fsp3) is 0.100. The van der Waals surface area contributed by atoms with Crippen LogP contribution in [0.5, 0.6) is 0 Å². The lowest BCUT2D eigenvalue weighted by Gasteiger charge is -2.09. The number of carbonyl (C=O) groups is 1. The predicted molar refractivity (Wildman–Crippen MR) is 95.7 cm³/mol. The van der Waals surface area contributed by atoms with Crippen molar-refractivity contribution >= 4 is 17.3 Å². The van der Waals surface area contributed by atoms with Gasteiger partial charge in [-0.1, -0.05) is 18.2 Å². The summed E-state index contributed by atoms with van der Waals surface area (Å²) in [7, 11) is 0. The number of anilines is 2. The first kappa shape index (κ1) is 15.3. The maximum Gasteiger partial charge on any atom is 0.228 e. The molecule has 124 valence electrons. The zero-order chi connectivity index (χ0) is 17.2. The largest absolute Gasteiger partial charge is 0.381 e. The van der Waals surface area contributed by atoms with Gasteiger partial charge in [-0.05, 0) is 47.0 Å². The molecule has 2 aromatic carbocycles. The van der Waals surface area contributed by atoms with E-state index in [4.69, 9.17) is 0 Å². The molecule has 2 heterocycles. The summed E-state index contributed by atoms with van der Waals surface area (Å²) in [6.45, 7) is 0.548. The second-order valence-corrected chi connectivity index (χ2v) is 6.04. The standard InChI is InChI=1S/C20H16FN3O/c21-17-2-1-3-18(9-17)23-11-13-6-16(12-22-10-13)14-4-5-15-8-20(25)24-19(15)7-14/h1-7,9-10,12,23H,8,11H2,(H,24,25). The number of hydrogen-bond donors (Lipinski definition) is 2. The SMILES string of the molecule is O=C1Cc2ccc(-c3cncc(CNc4cccc(F)c4)c3)cc2N1. The first-order chi connectivity index (χ1) is 12.2. The van der Waals surface area contributed by atoms with Crippen molar-refractivity contribution in [3.8, 4) is 11.1 Å². The van der Waals surface area contributed by atoms with Crippen molar-refractivity contribution < 1.29 is 9.18 Å². The van der Waals surface area contributed by atoms with E-state index in [2.05, 4.69) is 15.6 Å². The summed E-state index contributed by atoms with van der Waals surface area (Å²) in [6, 6.07) is 14.4. The van der Waals surface area contributed by atoms with Gasteiger partial charge >= 0.3 is 0 Å². The van der Waals surface area contributed by atoms with Crippen LogP contribution < -0.4 is 10.6 Å². The Morgan fingerprint density at radius 3 is 2.88 bits per heavy atom. The molecule has 1 amide bonds. The van der Waals surface area contributed by atoms with Crippen LogP contribution in [0, 0.1) is 5.82 Å². The van der Waals surface area contributed by atoms with Gasteiger partial charge in [0.1, 0.15) is 5.82 Å². The van der Waals surface area contributed by atoms with Crippen molar-refractivity contribution in [1.29, 1.82) is 0 Å². The molecule has 25 heavy (non-hydrogen) atoms. The van der Waals surface area contributed by atoms with Crippen LogP contribution in [-0.2, 0) is 17.8 Å². The van der Waals surface area contributed by atoms with Crippen molar-refractivity contribution in [2.45, 2.75) is 13.0 Å². The van der Waals surface area contributed by atoms with E-state index in [-0.39, 0.29) is 11.7 Å². The second kappa shape index (κ2) is 6.36. The number of fused-ring (bicyclic) bond motifs is 1. The molecule has 0 radical (unpaired) electrons. The van der Waals surface area contributed by atoms with E-state index in [1.807, 2.05) is 30.3 Å². The number of benzene rings is 2. The Bertz CT molecular complexity index is 955. The molecule has 4 nitrogen and oxygen atoms in total. The second-order valence-electron chi connectivity index (χ2n) is 6.04. The fourth-order valence-electron chi connectivity index (χ4n) is 2.94. The van der Waals surface area contributed by atoms with Crippen molar-refractivity contribution in [1.82, 2.24) is 4.98 Å². The van der Waals surface area contributed by atoms with Crippen LogP contribution in [0.2, 0.25) is 0 Å². The monoisotopic (exact) mass is 333 g/mol. The summed E-state index contributed by atoms with van der Waals surface area (Å²) in [4.78, 5) is 15.8. The zero-order valence-corrected chi connectivity index (χ0v) is 13.4. The molecule has 1 aromatic heterocycles. The normalized spacial score (nSPS) is 12.6. The van der Waals surface area contributed by atoms with Gasteiger partial charge in [-0.25, -0.2) is 4.39 Å². The third-order valence-corrected chi connectivity index (χ3v) is 4.18. The molecule has 4 rings (SSSR count).